The Morgan fingerprint density at radius 1 is 1.00 bits per heavy atom. The Balaban J connectivity index is 1.55. The topological polar surface area (TPSA) is 32.8 Å². The smallest absolute Gasteiger partial charge is 0.262 e. The van der Waals surface area contributed by atoms with Crippen molar-refractivity contribution in [3.05, 3.63) is 95.1 Å². The third kappa shape index (κ3) is 5.06. The molecule has 3 aromatic rings. The number of ether oxygens (including phenoxy) is 1. The maximum atomic E-state index is 14.1. The lowest BCUT2D eigenvalue weighted by Gasteiger charge is -2.39. The Kier molecular flexibility index (Phi) is 7.04. The number of aryl methyl sites for hydroxylation is 1. The van der Waals surface area contributed by atoms with Crippen LogP contribution in [0.15, 0.2) is 66.7 Å². The first kappa shape index (κ1) is 22.9. The number of hydrogen-bond acceptors (Lipinski definition) is 3. The number of carbonyl (C=O) groups is 1. The average Bonchev–Trinajstić information content (AvgIpc) is 2.84. The first-order valence-electron chi connectivity index (χ1n) is 11.2. The fourth-order valence-electron chi connectivity index (χ4n) is 4.40. The predicted octanol–water partition coefficient (Wildman–Crippen LogP) is 5.59. The van der Waals surface area contributed by atoms with Gasteiger partial charge in [-0.25, -0.2) is 8.78 Å². The zero-order valence-electron chi connectivity index (χ0n) is 18.9. The summed E-state index contributed by atoms with van der Waals surface area (Å²) in [5.41, 5.74) is 2.83. The van der Waals surface area contributed by atoms with E-state index < -0.39 is 11.6 Å². The number of amides is 1. The van der Waals surface area contributed by atoms with Gasteiger partial charge in [-0.1, -0.05) is 42.0 Å². The average molecular weight is 451 g/mol. The molecule has 1 saturated heterocycles. The molecule has 0 N–H and O–H groups in total. The maximum Gasteiger partial charge on any atom is 0.262 e. The third-order valence-electron chi connectivity index (χ3n) is 6.22. The normalized spacial score (nSPS) is 14.8. The molecule has 6 heteroatoms. The van der Waals surface area contributed by atoms with Crippen LogP contribution in [0.1, 0.15) is 34.3 Å². The van der Waals surface area contributed by atoms with Crippen LogP contribution >= 0.6 is 0 Å². The summed E-state index contributed by atoms with van der Waals surface area (Å²) in [6.45, 7) is 3.73. The molecular formula is C27H28F2N2O2. The molecule has 1 fully saturated rings. The number of piperidine rings is 1. The first-order valence-corrected chi connectivity index (χ1v) is 11.2. The van der Waals surface area contributed by atoms with Gasteiger partial charge >= 0.3 is 0 Å². The van der Waals surface area contributed by atoms with Crippen molar-refractivity contribution in [2.24, 2.45) is 0 Å². The van der Waals surface area contributed by atoms with Crippen LogP contribution in [0, 0.1) is 18.6 Å². The zero-order chi connectivity index (χ0) is 23.4. The molecule has 3 aromatic carbocycles. The number of methoxy groups -OCH3 is 1. The van der Waals surface area contributed by atoms with Crippen molar-refractivity contribution in [2.75, 3.05) is 25.1 Å². The molecule has 1 aliphatic rings. The SMILES string of the molecule is COc1ccccc1C(=O)N(c1ccc(C)cc1)C1CCN(Cc2cccc(F)c2F)CC1. The molecule has 0 unspecified atom stereocenters. The van der Waals surface area contributed by atoms with Crippen molar-refractivity contribution < 1.29 is 18.3 Å². The fraction of sp³-hybridized carbons (Fsp3) is 0.296. The number of anilines is 1. The van der Waals surface area contributed by atoms with Crippen LogP contribution in [0.25, 0.3) is 0 Å². The Labute approximate surface area is 193 Å². The van der Waals surface area contributed by atoms with E-state index in [2.05, 4.69) is 4.90 Å². The van der Waals surface area contributed by atoms with E-state index in [0.29, 0.717) is 36.5 Å². The van der Waals surface area contributed by atoms with Crippen molar-refractivity contribution in [3.8, 4) is 5.75 Å². The molecule has 1 amide bonds. The molecular weight excluding hydrogens is 422 g/mol. The molecule has 0 aliphatic carbocycles. The maximum absolute atomic E-state index is 14.1. The number of para-hydroxylation sites is 1. The molecule has 0 aromatic heterocycles. The van der Waals surface area contributed by atoms with Gasteiger partial charge in [0, 0.05) is 36.9 Å². The molecule has 1 aliphatic heterocycles. The largest absolute Gasteiger partial charge is 0.496 e. The van der Waals surface area contributed by atoms with Gasteiger partial charge in [-0.15, -0.1) is 0 Å². The van der Waals surface area contributed by atoms with E-state index in [4.69, 9.17) is 4.74 Å². The molecule has 0 atom stereocenters. The van der Waals surface area contributed by atoms with Crippen LogP contribution in [-0.4, -0.2) is 37.0 Å². The van der Waals surface area contributed by atoms with E-state index in [1.807, 2.05) is 48.2 Å². The van der Waals surface area contributed by atoms with Crippen LogP contribution in [0.3, 0.4) is 0 Å². The molecule has 4 rings (SSSR count). The van der Waals surface area contributed by atoms with Gasteiger partial charge in [-0.2, -0.15) is 0 Å². The van der Waals surface area contributed by atoms with Gasteiger partial charge in [0.1, 0.15) is 5.75 Å². The molecule has 33 heavy (non-hydrogen) atoms. The summed E-state index contributed by atoms with van der Waals surface area (Å²) in [6, 6.07) is 19.5. The number of nitrogens with zero attached hydrogens (tertiary/aromatic N) is 2. The molecule has 0 bridgehead atoms. The number of carbonyl (C=O) groups excluding carboxylic acids is 1. The Bertz CT molecular complexity index is 1110. The quantitative estimate of drug-likeness (QED) is 0.491. The summed E-state index contributed by atoms with van der Waals surface area (Å²) in [5, 5.41) is 0. The number of halogens is 2. The highest BCUT2D eigenvalue weighted by Crippen LogP contribution is 2.29. The minimum absolute atomic E-state index is 0.0151. The number of likely N-dealkylation sites (tertiary alicyclic amines) is 1. The number of hydrogen-bond donors (Lipinski definition) is 0. The summed E-state index contributed by atoms with van der Waals surface area (Å²) < 4.78 is 33.1. The van der Waals surface area contributed by atoms with E-state index in [9.17, 15) is 13.6 Å². The highest BCUT2D eigenvalue weighted by molar-refractivity contribution is 6.08. The van der Waals surface area contributed by atoms with E-state index >= 15 is 0 Å². The Morgan fingerprint density at radius 3 is 2.39 bits per heavy atom. The lowest BCUT2D eigenvalue weighted by Crippen LogP contribution is -2.47. The van der Waals surface area contributed by atoms with Crippen LogP contribution in [0.4, 0.5) is 14.5 Å². The Morgan fingerprint density at radius 2 is 1.70 bits per heavy atom. The van der Waals surface area contributed by atoms with Crippen molar-refractivity contribution in [1.82, 2.24) is 4.90 Å². The van der Waals surface area contributed by atoms with Gasteiger partial charge < -0.3 is 9.64 Å². The zero-order valence-corrected chi connectivity index (χ0v) is 18.9. The molecule has 4 nitrogen and oxygen atoms in total. The lowest BCUT2D eigenvalue weighted by molar-refractivity contribution is 0.0955. The van der Waals surface area contributed by atoms with Crippen molar-refractivity contribution in [2.45, 2.75) is 32.4 Å². The summed E-state index contributed by atoms with van der Waals surface area (Å²) >= 11 is 0. The second-order valence-electron chi connectivity index (χ2n) is 8.43. The summed E-state index contributed by atoms with van der Waals surface area (Å²) in [4.78, 5) is 17.7. The monoisotopic (exact) mass is 450 g/mol. The predicted molar refractivity (Wildman–Crippen MR) is 126 cm³/mol. The lowest BCUT2D eigenvalue weighted by atomic mass is 9.99. The van der Waals surface area contributed by atoms with Gasteiger partial charge in [-0.3, -0.25) is 9.69 Å². The van der Waals surface area contributed by atoms with Crippen LogP contribution in [0.5, 0.6) is 5.75 Å². The fourth-order valence-corrected chi connectivity index (χ4v) is 4.40. The van der Waals surface area contributed by atoms with Crippen LogP contribution in [-0.2, 0) is 6.54 Å². The highest BCUT2D eigenvalue weighted by Gasteiger charge is 2.31. The van der Waals surface area contributed by atoms with E-state index in [-0.39, 0.29) is 11.9 Å². The van der Waals surface area contributed by atoms with Gasteiger partial charge in [0.05, 0.1) is 12.7 Å². The summed E-state index contributed by atoms with van der Waals surface area (Å²) in [7, 11) is 1.56. The van der Waals surface area contributed by atoms with Crippen molar-refractivity contribution in [3.63, 3.8) is 0 Å². The molecule has 0 saturated carbocycles. The van der Waals surface area contributed by atoms with Gasteiger partial charge in [0.25, 0.3) is 5.91 Å². The molecule has 1 heterocycles. The van der Waals surface area contributed by atoms with Crippen molar-refractivity contribution in [1.29, 1.82) is 0 Å². The molecule has 172 valence electrons. The first-order chi connectivity index (χ1) is 16.0. The second-order valence-corrected chi connectivity index (χ2v) is 8.43. The van der Waals surface area contributed by atoms with E-state index in [0.717, 1.165) is 30.2 Å². The van der Waals surface area contributed by atoms with E-state index in [1.54, 1.807) is 25.3 Å². The van der Waals surface area contributed by atoms with Crippen LogP contribution < -0.4 is 9.64 Å². The number of rotatable bonds is 6. The van der Waals surface area contributed by atoms with Gasteiger partial charge in [0.2, 0.25) is 0 Å². The van der Waals surface area contributed by atoms with E-state index in [1.165, 1.54) is 6.07 Å². The standard InChI is InChI=1S/C27H28F2N2O2/c1-19-10-12-21(13-11-19)31(27(32)23-7-3-4-9-25(23)33-2)22-14-16-30(17-15-22)18-20-6-5-8-24(28)26(20)29/h3-13,22H,14-18H2,1-2H3. The molecule has 0 radical (unpaired) electrons. The molecule has 0 spiro atoms. The summed E-state index contributed by atoms with van der Waals surface area (Å²) in [6.07, 6.45) is 1.46. The number of benzene rings is 3. The summed E-state index contributed by atoms with van der Waals surface area (Å²) in [5.74, 6) is -1.17. The minimum atomic E-state index is -0.824. The highest BCUT2D eigenvalue weighted by atomic mass is 19.2. The van der Waals surface area contributed by atoms with Gasteiger partial charge in [0.15, 0.2) is 11.6 Å². The van der Waals surface area contributed by atoms with Gasteiger partial charge in [-0.05, 0) is 50.1 Å². The second kappa shape index (κ2) is 10.1. The Hall–Kier alpha value is -3.25. The van der Waals surface area contributed by atoms with Crippen molar-refractivity contribution >= 4 is 11.6 Å². The van der Waals surface area contributed by atoms with Crippen LogP contribution in [0.2, 0.25) is 0 Å². The third-order valence-corrected chi connectivity index (χ3v) is 6.22. The minimum Gasteiger partial charge on any atom is -0.496 e.